The Bertz CT molecular complexity index is 760. The maximum absolute atomic E-state index is 12.7. The van der Waals surface area contributed by atoms with E-state index in [4.69, 9.17) is 11.6 Å². The number of benzene rings is 1. The van der Waals surface area contributed by atoms with Crippen molar-refractivity contribution in [3.8, 4) is 0 Å². The first-order valence-electron chi connectivity index (χ1n) is 8.22. The molecule has 132 valence electrons. The van der Waals surface area contributed by atoms with Gasteiger partial charge in [-0.15, -0.1) is 0 Å². The van der Waals surface area contributed by atoms with Gasteiger partial charge in [0, 0.05) is 18.8 Å². The summed E-state index contributed by atoms with van der Waals surface area (Å²) < 4.78 is 7.68. The number of amides is 2. The highest BCUT2D eigenvalue weighted by molar-refractivity contribution is 6.99. The molecule has 1 saturated carbocycles. The quantitative estimate of drug-likeness (QED) is 0.876. The van der Waals surface area contributed by atoms with E-state index in [9.17, 15) is 9.59 Å². The standard InChI is InChI=1S/C17H19ClN4O2S/c1-22(12-5-3-2-4-6-12)17(24)13-8-7-11(9-14(13)18)20-16(23)15-10-19-25-21-15/h7-10,12H,2-6H2,1H3,(H,20,23). The monoisotopic (exact) mass is 378 g/mol. The summed E-state index contributed by atoms with van der Waals surface area (Å²) in [5.74, 6) is -0.443. The van der Waals surface area contributed by atoms with Crippen molar-refractivity contribution in [2.24, 2.45) is 0 Å². The number of halogens is 1. The molecule has 0 spiro atoms. The lowest BCUT2D eigenvalue weighted by Crippen LogP contribution is -2.38. The molecule has 25 heavy (non-hydrogen) atoms. The molecule has 1 fully saturated rings. The van der Waals surface area contributed by atoms with Crippen LogP contribution < -0.4 is 5.32 Å². The summed E-state index contributed by atoms with van der Waals surface area (Å²) in [7, 11) is 1.83. The highest BCUT2D eigenvalue weighted by Gasteiger charge is 2.24. The van der Waals surface area contributed by atoms with Gasteiger partial charge in [0.1, 0.15) is 0 Å². The van der Waals surface area contributed by atoms with Crippen LogP contribution in [0.15, 0.2) is 24.4 Å². The zero-order valence-electron chi connectivity index (χ0n) is 13.9. The molecule has 1 aromatic carbocycles. The van der Waals surface area contributed by atoms with Crippen LogP contribution in [-0.2, 0) is 0 Å². The Morgan fingerprint density at radius 3 is 2.68 bits per heavy atom. The van der Waals surface area contributed by atoms with E-state index in [1.54, 1.807) is 23.1 Å². The minimum Gasteiger partial charge on any atom is -0.339 e. The molecule has 1 aliphatic rings. The number of nitrogens with one attached hydrogen (secondary N) is 1. The molecule has 1 aromatic heterocycles. The second kappa shape index (κ2) is 7.93. The summed E-state index contributed by atoms with van der Waals surface area (Å²) >= 11 is 7.26. The first kappa shape index (κ1) is 17.8. The van der Waals surface area contributed by atoms with Crippen LogP contribution in [0.1, 0.15) is 53.0 Å². The van der Waals surface area contributed by atoms with Crippen LogP contribution in [0.2, 0.25) is 5.02 Å². The molecule has 2 amide bonds. The molecule has 2 aromatic rings. The minimum absolute atomic E-state index is 0.0847. The molecular weight excluding hydrogens is 360 g/mol. The number of hydrogen-bond acceptors (Lipinski definition) is 5. The molecule has 0 aliphatic heterocycles. The van der Waals surface area contributed by atoms with Gasteiger partial charge >= 0.3 is 0 Å². The maximum Gasteiger partial charge on any atom is 0.277 e. The minimum atomic E-state index is -0.358. The molecule has 8 heteroatoms. The second-order valence-corrected chi connectivity index (χ2v) is 7.11. The van der Waals surface area contributed by atoms with Gasteiger partial charge in [-0.05, 0) is 31.0 Å². The van der Waals surface area contributed by atoms with Crippen LogP contribution in [0.3, 0.4) is 0 Å². The van der Waals surface area contributed by atoms with E-state index in [0.29, 0.717) is 16.3 Å². The van der Waals surface area contributed by atoms with E-state index in [1.165, 1.54) is 12.6 Å². The predicted molar refractivity (Wildman–Crippen MR) is 98.3 cm³/mol. The molecule has 1 N–H and O–H groups in total. The van der Waals surface area contributed by atoms with Crippen molar-refractivity contribution in [3.05, 3.63) is 40.7 Å². The Hall–Kier alpha value is -1.99. The van der Waals surface area contributed by atoms with Crippen molar-refractivity contribution in [2.75, 3.05) is 12.4 Å². The number of hydrogen-bond donors (Lipinski definition) is 1. The first-order valence-corrected chi connectivity index (χ1v) is 9.32. The van der Waals surface area contributed by atoms with Crippen LogP contribution in [-0.4, -0.2) is 38.6 Å². The van der Waals surface area contributed by atoms with Crippen molar-refractivity contribution in [1.29, 1.82) is 0 Å². The van der Waals surface area contributed by atoms with E-state index < -0.39 is 0 Å². The highest BCUT2D eigenvalue weighted by Crippen LogP contribution is 2.26. The lowest BCUT2D eigenvalue weighted by atomic mass is 9.94. The van der Waals surface area contributed by atoms with Gasteiger partial charge in [-0.3, -0.25) is 9.59 Å². The smallest absolute Gasteiger partial charge is 0.277 e. The summed E-state index contributed by atoms with van der Waals surface area (Å²) in [5, 5.41) is 3.02. The first-order chi connectivity index (χ1) is 12.1. The third-order valence-corrected chi connectivity index (χ3v) is 5.28. The van der Waals surface area contributed by atoms with Gasteiger partial charge in [0.15, 0.2) is 5.69 Å². The van der Waals surface area contributed by atoms with Crippen LogP contribution in [0, 0.1) is 0 Å². The summed E-state index contributed by atoms with van der Waals surface area (Å²) in [6.45, 7) is 0. The van der Waals surface area contributed by atoms with Crippen molar-refractivity contribution in [2.45, 2.75) is 38.1 Å². The largest absolute Gasteiger partial charge is 0.339 e. The zero-order chi connectivity index (χ0) is 17.8. The number of rotatable bonds is 4. The molecule has 0 radical (unpaired) electrons. The fourth-order valence-electron chi connectivity index (χ4n) is 3.05. The molecule has 0 unspecified atom stereocenters. The lowest BCUT2D eigenvalue weighted by Gasteiger charge is -2.31. The lowest BCUT2D eigenvalue weighted by molar-refractivity contribution is 0.0696. The van der Waals surface area contributed by atoms with Gasteiger partial charge in [-0.1, -0.05) is 30.9 Å². The predicted octanol–water partition coefficient (Wildman–Crippen LogP) is 3.85. The normalized spacial score (nSPS) is 15.0. The van der Waals surface area contributed by atoms with Gasteiger partial charge in [-0.2, -0.15) is 8.75 Å². The molecule has 3 rings (SSSR count). The van der Waals surface area contributed by atoms with E-state index in [1.807, 2.05) is 7.05 Å². The number of anilines is 1. The van der Waals surface area contributed by atoms with Crippen LogP contribution in [0.25, 0.3) is 0 Å². The van der Waals surface area contributed by atoms with E-state index in [-0.39, 0.29) is 23.6 Å². The van der Waals surface area contributed by atoms with Crippen molar-refractivity contribution in [1.82, 2.24) is 13.6 Å². The number of nitrogens with zero attached hydrogens (tertiary/aromatic N) is 3. The Kier molecular flexibility index (Phi) is 5.65. The van der Waals surface area contributed by atoms with Gasteiger partial charge < -0.3 is 10.2 Å². The average Bonchev–Trinajstić information content (AvgIpc) is 3.16. The SMILES string of the molecule is CN(C(=O)c1ccc(NC(=O)c2cnsn2)cc1Cl)C1CCCCC1. The fraction of sp³-hybridized carbons (Fsp3) is 0.412. The maximum atomic E-state index is 12.7. The van der Waals surface area contributed by atoms with Gasteiger partial charge in [0.05, 0.1) is 28.5 Å². The molecule has 0 atom stereocenters. The summed E-state index contributed by atoms with van der Waals surface area (Å²) in [6.07, 6.45) is 7.03. The van der Waals surface area contributed by atoms with Crippen molar-refractivity contribution < 1.29 is 9.59 Å². The Morgan fingerprint density at radius 1 is 1.28 bits per heavy atom. The highest BCUT2D eigenvalue weighted by atomic mass is 35.5. The number of carbonyl (C=O) groups excluding carboxylic acids is 2. The third kappa shape index (κ3) is 4.16. The van der Waals surface area contributed by atoms with Crippen LogP contribution >= 0.6 is 23.3 Å². The molecule has 1 heterocycles. The zero-order valence-corrected chi connectivity index (χ0v) is 15.4. The Balaban J connectivity index is 1.70. The summed E-state index contributed by atoms with van der Waals surface area (Å²) in [5.41, 5.74) is 1.21. The summed E-state index contributed by atoms with van der Waals surface area (Å²) in [4.78, 5) is 26.5. The Morgan fingerprint density at radius 2 is 2.04 bits per heavy atom. The Labute approximate surface area is 155 Å². The molecule has 6 nitrogen and oxygen atoms in total. The molecule has 0 saturated heterocycles. The van der Waals surface area contributed by atoms with Crippen LogP contribution in [0.4, 0.5) is 5.69 Å². The third-order valence-electron chi connectivity index (χ3n) is 4.49. The number of carbonyl (C=O) groups is 2. The molecular formula is C17H19ClN4O2S. The van der Waals surface area contributed by atoms with Crippen molar-refractivity contribution in [3.63, 3.8) is 0 Å². The summed E-state index contributed by atoms with van der Waals surface area (Å²) in [6, 6.07) is 5.18. The fourth-order valence-corrected chi connectivity index (χ4v) is 3.72. The van der Waals surface area contributed by atoms with E-state index in [0.717, 1.165) is 37.4 Å². The van der Waals surface area contributed by atoms with Crippen molar-refractivity contribution >= 4 is 40.8 Å². The second-order valence-electron chi connectivity index (χ2n) is 6.15. The van der Waals surface area contributed by atoms with Gasteiger partial charge in [-0.25, -0.2) is 0 Å². The van der Waals surface area contributed by atoms with Gasteiger partial charge in [0.25, 0.3) is 11.8 Å². The topological polar surface area (TPSA) is 75.2 Å². The van der Waals surface area contributed by atoms with E-state index >= 15 is 0 Å². The van der Waals surface area contributed by atoms with Crippen LogP contribution in [0.5, 0.6) is 0 Å². The molecule has 1 aliphatic carbocycles. The number of aromatic nitrogens is 2. The van der Waals surface area contributed by atoms with E-state index in [2.05, 4.69) is 14.1 Å². The molecule has 0 bridgehead atoms. The average molecular weight is 379 g/mol. The van der Waals surface area contributed by atoms with Gasteiger partial charge in [0.2, 0.25) is 0 Å².